The lowest BCUT2D eigenvalue weighted by Crippen LogP contribution is -2.44. The molecule has 2 aliphatic carbocycles. The highest BCUT2D eigenvalue weighted by molar-refractivity contribution is 5.71. The van der Waals surface area contributed by atoms with Gasteiger partial charge in [-0.3, -0.25) is 9.59 Å². The molecule has 0 radical (unpaired) electrons. The van der Waals surface area contributed by atoms with Crippen molar-refractivity contribution in [2.45, 2.75) is 78.8 Å². The molecule has 2 aliphatic heterocycles. The minimum atomic E-state index is -0.714. The SMILES string of the molecule is C=C(C1[C@@H]2OC(=O)C[C@H]1[C@H](OC(C)=O)O2)[C@H]1CC[C@H]2C(C)(C)CCC[C@]12C. The summed E-state index contributed by atoms with van der Waals surface area (Å²) in [5, 5.41) is 0. The van der Waals surface area contributed by atoms with Gasteiger partial charge in [0.2, 0.25) is 12.6 Å². The van der Waals surface area contributed by atoms with Crippen LogP contribution < -0.4 is 0 Å². The quantitative estimate of drug-likeness (QED) is 0.545. The Morgan fingerprint density at radius 1 is 1.22 bits per heavy atom. The third kappa shape index (κ3) is 2.93. The zero-order chi connectivity index (χ0) is 19.6. The first kappa shape index (κ1) is 19.0. The topological polar surface area (TPSA) is 61.8 Å². The molecule has 150 valence electrons. The molecule has 0 aromatic heterocycles. The lowest BCUT2D eigenvalue weighted by atomic mass is 9.54. The van der Waals surface area contributed by atoms with Crippen molar-refractivity contribution in [1.82, 2.24) is 0 Å². The average molecular weight is 376 g/mol. The van der Waals surface area contributed by atoms with Gasteiger partial charge in [-0.1, -0.05) is 39.3 Å². The van der Waals surface area contributed by atoms with E-state index in [1.165, 1.54) is 32.6 Å². The standard InChI is InChI=1S/C22H32O5/c1-12(15-7-8-16-21(3,4)9-6-10-22(15,16)5)18-14-11-17(24)26-20(18)27-19(14)25-13(2)23/h14-16,18-20H,1,6-11H2,2-5H3/t14-,15-,16+,18?,19-,20-,22-/m1/s1. The van der Waals surface area contributed by atoms with Crippen molar-refractivity contribution < 1.29 is 23.8 Å². The van der Waals surface area contributed by atoms with Crippen LogP contribution in [0.3, 0.4) is 0 Å². The second kappa shape index (κ2) is 6.33. The molecule has 0 aromatic rings. The van der Waals surface area contributed by atoms with Crippen molar-refractivity contribution in [3.8, 4) is 0 Å². The van der Waals surface area contributed by atoms with Gasteiger partial charge in [-0.05, 0) is 48.3 Å². The van der Waals surface area contributed by atoms with Crippen LogP contribution >= 0.6 is 0 Å². The largest absolute Gasteiger partial charge is 0.435 e. The van der Waals surface area contributed by atoms with Crippen molar-refractivity contribution in [1.29, 1.82) is 0 Å². The van der Waals surface area contributed by atoms with Gasteiger partial charge in [0.25, 0.3) is 0 Å². The number of carbonyl (C=O) groups is 2. The summed E-state index contributed by atoms with van der Waals surface area (Å²) in [4.78, 5) is 23.4. The average Bonchev–Trinajstić information content (AvgIpc) is 3.00. The van der Waals surface area contributed by atoms with E-state index >= 15 is 0 Å². The van der Waals surface area contributed by atoms with Crippen LogP contribution in [-0.2, 0) is 23.8 Å². The number of ether oxygens (including phenoxy) is 3. The zero-order valence-corrected chi connectivity index (χ0v) is 17.0. The van der Waals surface area contributed by atoms with E-state index in [2.05, 4.69) is 27.4 Å². The Morgan fingerprint density at radius 3 is 2.67 bits per heavy atom. The monoisotopic (exact) mass is 376 g/mol. The number of carbonyl (C=O) groups excluding carboxylic acids is 2. The van der Waals surface area contributed by atoms with Crippen molar-refractivity contribution >= 4 is 11.9 Å². The predicted molar refractivity (Wildman–Crippen MR) is 99.2 cm³/mol. The molecule has 1 unspecified atom stereocenters. The van der Waals surface area contributed by atoms with Crippen LogP contribution in [0, 0.1) is 34.5 Å². The van der Waals surface area contributed by atoms with Crippen molar-refractivity contribution in [2.24, 2.45) is 34.5 Å². The molecular formula is C22H32O5. The molecule has 0 N–H and O–H groups in total. The molecule has 7 atom stereocenters. The third-order valence-electron chi connectivity index (χ3n) is 8.00. The van der Waals surface area contributed by atoms with E-state index in [1.807, 2.05) is 0 Å². The Hall–Kier alpha value is -1.36. The zero-order valence-electron chi connectivity index (χ0n) is 17.0. The highest BCUT2D eigenvalue weighted by atomic mass is 16.8. The van der Waals surface area contributed by atoms with Gasteiger partial charge in [0.15, 0.2) is 0 Å². The van der Waals surface area contributed by atoms with Gasteiger partial charge < -0.3 is 14.2 Å². The molecule has 4 aliphatic rings. The van der Waals surface area contributed by atoms with Crippen LogP contribution in [0.1, 0.15) is 66.2 Å². The summed E-state index contributed by atoms with van der Waals surface area (Å²) in [5.41, 5.74) is 1.72. The Kier molecular flexibility index (Phi) is 4.45. The molecule has 0 aromatic carbocycles. The lowest BCUT2D eigenvalue weighted by molar-refractivity contribution is -0.206. The van der Waals surface area contributed by atoms with Gasteiger partial charge in [0, 0.05) is 12.8 Å². The van der Waals surface area contributed by atoms with Gasteiger partial charge in [-0.25, -0.2) is 0 Å². The van der Waals surface area contributed by atoms with Gasteiger partial charge in [-0.2, -0.15) is 0 Å². The Bertz CT molecular complexity index is 668. The molecular weight excluding hydrogens is 344 g/mol. The first-order valence-corrected chi connectivity index (χ1v) is 10.3. The fraction of sp³-hybridized carbons (Fsp3) is 0.818. The maximum absolute atomic E-state index is 11.9. The van der Waals surface area contributed by atoms with Crippen molar-refractivity contribution in [2.75, 3.05) is 0 Å². The summed E-state index contributed by atoms with van der Waals surface area (Å²) in [6.45, 7) is 13.1. The molecule has 0 amide bonds. The van der Waals surface area contributed by atoms with Crippen LogP contribution in [0.25, 0.3) is 0 Å². The fourth-order valence-corrected chi connectivity index (χ4v) is 6.92. The molecule has 2 saturated heterocycles. The van der Waals surface area contributed by atoms with Crippen LogP contribution in [0.2, 0.25) is 0 Å². The van der Waals surface area contributed by atoms with E-state index in [1.54, 1.807) is 0 Å². The lowest BCUT2D eigenvalue weighted by Gasteiger charge is -2.50. The first-order valence-electron chi connectivity index (χ1n) is 10.3. The summed E-state index contributed by atoms with van der Waals surface area (Å²) in [6, 6.07) is 0. The minimum Gasteiger partial charge on any atom is -0.435 e. The fourth-order valence-electron chi connectivity index (χ4n) is 6.92. The first-order chi connectivity index (χ1) is 12.6. The minimum absolute atomic E-state index is 0.0855. The molecule has 0 spiro atoms. The van der Waals surface area contributed by atoms with Crippen LogP contribution in [0.15, 0.2) is 12.2 Å². The van der Waals surface area contributed by atoms with E-state index < -0.39 is 18.5 Å². The van der Waals surface area contributed by atoms with Crippen LogP contribution in [0.5, 0.6) is 0 Å². The maximum atomic E-state index is 11.9. The van der Waals surface area contributed by atoms with Gasteiger partial charge in [0.05, 0.1) is 12.3 Å². The highest BCUT2D eigenvalue weighted by Crippen LogP contribution is 2.64. The number of hydrogen-bond donors (Lipinski definition) is 0. The van der Waals surface area contributed by atoms with E-state index in [-0.39, 0.29) is 29.6 Å². The van der Waals surface area contributed by atoms with E-state index in [0.29, 0.717) is 17.3 Å². The molecule has 4 fully saturated rings. The smallest absolute Gasteiger partial charge is 0.308 e. The van der Waals surface area contributed by atoms with E-state index in [4.69, 9.17) is 14.2 Å². The Morgan fingerprint density at radius 2 is 1.96 bits per heavy atom. The van der Waals surface area contributed by atoms with Crippen LogP contribution in [0.4, 0.5) is 0 Å². The molecule has 2 bridgehead atoms. The number of esters is 2. The van der Waals surface area contributed by atoms with Gasteiger partial charge in [-0.15, -0.1) is 0 Å². The maximum Gasteiger partial charge on any atom is 0.308 e. The summed E-state index contributed by atoms with van der Waals surface area (Å²) >= 11 is 0. The molecule has 27 heavy (non-hydrogen) atoms. The van der Waals surface area contributed by atoms with Gasteiger partial charge >= 0.3 is 11.9 Å². The number of fused-ring (bicyclic) bond motifs is 3. The summed E-state index contributed by atoms with van der Waals surface area (Å²) in [7, 11) is 0. The predicted octanol–water partition coefficient (Wildman–Crippen LogP) is 4.21. The summed E-state index contributed by atoms with van der Waals surface area (Å²) in [5.74, 6) is 0.136. The summed E-state index contributed by atoms with van der Waals surface area (Å²) in [6.07, 6.45) is 4.95. The molecule has 5 heteroatoms. The normalized spacial score (nSPS) is 45.1. The number of hydrogen-bond acceptors (Lipinski definition) is 5. The van der Waals surface area contributed by atoms with Crippen molar-refractivity contribution in [3.63, 3.8) is 0 Å². The molecule has 4 rings (SSSR count). The van der Waals surface area contributed by atoms with Crippen LogP contribution in [-0.4, -0.2) is 24.5 Å². The molecule has 2 heterocycles. The molecule has 2 saturated carbocycles. The summed E-state index contributed by atoms with van der Waals surface area (Å²) < 4.78 is 16.6. The second-order valence-corrected chi connectivity index (χ2v) is 9.97. The molecule has 5 nitrogen and oxygen atoms in total. The Balaban J connectivity index is 1.59. The highest BCUT2D eigenvalue weighted by Gasteiger charge is 2.59. The Labute approximate surface area is 161 Å². The number of rotatable bonds is 3. The van der Waals surface area contributed by atoms with Crippen molar-refractivity contribution in [3.05, 3.63) is 12.2 Å². The van der Waals surface area contributed by atoms with E-state index in [9.17, 15) is 9.59 Å². The van der Waals surface area contributed by atoms with Gasteiger partial charge in [0.1, 0.15) is 0 Å². The third-order valence-corrected chi connectivity index (χ3v) is 8.00. The van der Waals surface area contributed by atoms with E-state index in [0.717, 1.165) is 12.0 Å². The second-order valence-electron chi connectivity index (χ2n) is 9.97.